The number of nitrogens with zero attached hydrogens (tertiary/aromatic N) is 3. The van der Waals surface area contributed by atoms with Crippen molar-refractivity contribution in [2.75, 3.05) is 11.5 Å². The Bertz CT molecular complexity index is 554. The Labute approximate surface area is 108 Å². The minimum Gasteiger partial charge on any atom is -0.296 e. The van der Waals surface area contributed by atoms with E-state index in [0.29, 0.717) is 10.8 Å². The number of rotatable bonds is 2. The van der Waals surface area contributed by atoms with Gasteiger partial charge in [-0.1, -0.05) is 0 Å². The van der Waals surface area contributed by atoms with Crippen molar-refractivity contribution in [3.8, 4) is 11.4 Å². The van der Waals surface area contributed by atoms with Gasteiger partial charge in [0, 0.05) is 29.8 Å². The van der Waals surface area contributed by atoms with Gasteiger partial charge < -0.3 is 0 Å². The normalized spacial score (nSPS) is 19.6. The third kappa shape index (κ3) is 2.02. The topological polar surface area (TPSA) is 46.5 Å². The van der Waals surface area contributed by atoms with Gasteiger partial charge in [0.25, 0.3) is 0 Å². The van der Waals surface area contributed by atoms with E-state index in [1.54, 1.807) is 6.20 Å². The molecule has 17 heavy (non-hydrogen) atoms. The van der Waals surface area contributed by atoms with Gasteiger partial charge in [0.05, 0.1) is 0 Å². The fourth-order valence-corrected chi connectivity index (χ4v) is 3.54. The molecule has 4 nitrogen and oxygen atoms in total. The molecule has 0 spiro atoms. The van der Waals surface area contributed by atoms with E-state index in [2.05, 4.69) is 19.7 Å². The van der Waals surface area contributed by atoms with E-state index in [9.17, 15) is 0 Å². The van der Waals surface area contributed by atoms with Gasteiger partial charge in [-0.25, -0.2) is 0 Å². The second-order valence-corrected chi connectivity index (χ2v) is 5.52. The highest BCUT2D eigenvalue weighted by atomic mass is 32.2. The molecule has 0 amide bonds. The molecule has 0 aromatic carbocycles. The minimum absolute atomic E-state index is 0.460. The fourth-order valence-electron chi connectivity index (χ4n) is 2.07. The number of hydrogen-bond donors (Lipinski definition) is 1. The van der Waals surface area contributed by atoms with Crippen molar-refractivity contribution in [3.05, 3.63) is 29.3 Å². The lowest BCUT2D eigenvalue weighted by molar-refractivity contribution is 0.557. The Morgan fingerprint density at radius 2 is 2.47 bits per heavy atom. The lowest BCUT2D eigenvalue weighted by atomic mass is 10.2. The zero-order valence-electron chi connectivity index (χ0n) is 9.17. The number of pyridine rings is 1. The molecule has 1 aliphatic rings. The number of H-pyrrole nitrogens is 1. The van der Waals surface area contributed by atoms with Crippen LogP contribution < -0.4 is 0 Å². The Balaban J connectivity index is 2.09. The van der Waals surface area contributed by atoms with Gasteiger partial charge in [-0.05, 0) is 36.5 Å². The van der Waals surface area contributed by atoms with Gasteiger partial charge in [0.15, 0.2) is 10.6 Å². The van der Waals surface area contributed by atoms with Crippen molar-refractivity contribution < 1.29 is 0 Å². The van der Waals surface area contributed by atoms with Gasteiger partial charge >= 0.3 is 0 Å². The molecule has 1 aliphatic heterocycles. The van der Waals surface area contributed by atoms with Crippen LogP contribution in [0.1, 0.15) is 12.5 Å². The third-order valence-electron chi connectivity index (χ3n) is 2.89. The van der Waals surface area contributed by atoms with Crippen LogP contribution in [0.2, 0.25) is 0 Å². The molecule has 88 valence electrons. The first kappa shape index (κ1) is 11.0. The van der Waals surface area contributed by atoms with Crippen LogP contribution in [0.4, 0.5) is 0 Å². The van der Waals surface area contributed by atoms with Gasteiger partial charge in [-0.2, -0.15) is 16.9 Å². The minimum atomic E-state index is 0.460. The first-order chi connectivity index (χ1) is 8.36. The maximum absolute atomic E-state index is 5.32. The second kappa shape index (κ2) is 4.62. The number of hydrogen-bond acceptors (Lipinski definition) is 4. The van der Waals surface area contributed by atoms with Crippen LogP contribution in [0.25, 0.3) is 11.4 Å². The number of nitrogens with one attached hydrogen (secondary N) is 1. The van der Waals surface area contributed by atoms with Crippen LogP contribution in [0.3, 0.4) is 0 Å². The first-order valence-corrected chi connectivity index (χ1v) is 7.07. The van der Waals surface area contributed by atoms with Crippen molar-refractivity contribution in [3.63, 3.8) is 0 Å². The molecule has 0 saturated carbocycles. The molecule has 2 aromatic heterocycles. The highest BCUT2D eigenvalue weighted by molar-refractivity contribution is 7.99. The summed E-state index contributed by atoms with van der Waals surface area (Å²) in [7, 11) is 0. The van der Waals surface area contributed by atoms with Gasteiger partial charge in [0.1, 0.15) is 0 Å². The van der Waals surface area contributed by atoms with E-state index >= 15 is 0 Å². The van der Waals surface area contributed by atoms with Crippen LogP contribution in [0, 0.1) is 4.77 Å². The highest BCUT2D eigenvalue weighted by Crippen LogP contribution is 2.31. The van der Waals surface area contributed by atoms with Crippen molar-refractivity contribution in [1.82, 2.24) is 19.7 Å². The second-order valence-electron chi connectivity index (χ2n) is 3.98. The number of aromatic amines is 1. The van der Waals surface area contributed by atoms with Crippen molar-refractivity contribution in [2.45, 2.75) is 12.5 Å². The van der Waals surface area contributed by atoms with Crippen LogP contribution >= 0.6 is 24.0 Å². The summed E-state index contributed by atoms with van der Waals surface area (Å²) in [4.78, 5) is 4.13. The Morgan fingerprint density at radius 1 is 1.53 bits per heavy atom. The Hall–Kier alpha value is -1.14. The molecule has 0 aliphatic carbocycles. The molecular weight excluding hydrogens is 252 g/mol. The average Bonchev–Trinajstić information content (AvgIpc) is 2.99. The summed E-state index contributed by atoms with van der Waals surface area (Å²) in [6.45, 7) is 0. The molecule has 1 fully saturated rings. The van der Waals surface area contributed by atoms with E-state index in [0.717, 1.165) is 23.6 Å². The Morgan fingerprint density at radius 3 is 3.18 bits per heavy atom. The molecule has 3 heterocycles. The quantitative estimate of drug-likeness (QED) is 0.847. The molecule has 2 aromatic rings. The lowest BCUT2D eigenvalue weighted by Gasteiger charge is -2.12. The average molecular weight is 264 g/mol. The summed E-state index contributed by atoms with van der Waals surface area (Å²) in [5.41, 5.74) is 1.01. The molecule has 0 bridgehead atoms. The van der Waals surface area contributed by atoms with Crippen LogP contribution in [-0.2, 0) is 0 Å². The van der Waals surface area contributed by atoms with Crippen molar-refractivity contribution in [2.24, 2.45) is 0 Å². The smallest absolute Gasteiger partial charge is 0.195 e. The maximum Gasteiger partial charge on any atom is 0.195 e. The maximum atomic E-state index is 5.32. The summed E-state index contributed by atoms with van der Waals surface area (Å²) >= 11 is 7.29. The van der Waals surface area contributed by atoms with E-state index < -0.39 is 0 Å². The first-order valence-electron chi connectivity index (χ1n) is 5.51. The summed E-state index contributed by atoms with van der Waals surface area (Å²) in [5.74, 6) is 3.21. The molecule has 1 atom stereocenters. The molecular formula is C11H12N4S2. The molecule has 3 rings (SSSR count). The monoisotopic (exact) mass is 264 g/mol. The zero-order valence-corrected chi connectivity index (χ0v) is 10.8. The van der Waals surface area contributed by atoms with Crippen molar-refractivity contribution >= 4 is 24.0 Å². The third-order valence-corrected chi connectivity index (χ3v) is 4.33. The van der Waals surface area contributed by atoms with Crippen LogP contribution in [0.5, 0.6) is 0 Å². The molecule has 6 heteroatoms. The standard InChI is InChI=1S/C11H12N4S2/c16-11-14-13-10(8-2-1-4-12-6-8)15(11)9-3-5-17-7-9/h1-2,4,6,9H,3,5,7H2,(H,14,16). The van der Waals surface area contributed by atoms with Crippen LogP contribution in [-0.4, -0.2) is 31.3 Å². The molecule has 1 N–H and O–H groups in total. The molecule has 1 saturated heterocycles. The lowest BCUT2D eigenvalue weighted by Crippen LogP contribution is -2.09. The fraction of sp³-hybridized carbons (Fsp3) is 0.364. The van der Waals surface area contributed by atoms with Crippen LogP contribution in [0.15, 0.2) is 24.5 Å². The molecule has 1 unspecified atom stereocenters. The van der Waals surface area contributed by atoms with E-state index in [4.69, 9.17) is 12.2 Å². The number of thioether (sulfide) groups is 1. The SMILES string of the molecule is S=c1[nH]nc(-c2cccnc2)n1C1CCSC1. The summed E-state index contributed by atoms with van der Waals surface area (Å²) < 4.78 is 2.84. The highest BCUT2D eigenvalue weighted by Gasteiger charge is 2.22. The Kier molecular flexibility index (Phi) is 2.98. The number of aromatic nitrogens is 4. The van der Waals surface area contributed by atoms with E-state index in [1.807, 2.05) is 30.1 Å². The zero-order chi connectivity index (χ0) is 11.7. The molecule has 0 radical (unpaired) electrons. The summed E-state index contributed by atoms with van der Waals surface area (Å²) in [6.07, 6.45) is 4.75. The van der Waals surface area contributed by atoms with E-state index in [-0.39, 0.29) is 0 Å². The summed E-state index contributed by atoms with van der Waals surface area (Å²) in [5, 5.41) is 7.22. The van der Waals surface area contributed by atoms with Gasteiger partial charge in [-0.3, -0.25) is 14.6 Å². The van der Waals surface area contributed by atoms with E-state index in [1.165, 1.54) is 5.75 Å². The predicted octanol–water partition coefficient (Wildman–Crippen LogP) is 2.68. The largest absolute Gasteiger partial charge is 0.296 e. The van der Waals surface area contributed by atoms with Crippen molar-refractivity contribution in [1.29, 1.82) is 0 Å². The van der Waals surface area contributed by atoms with Gasteiger partial charge in [-0.15, -0.1) is 0 Å². The summed E-state index contributed by atoms with van der Waals surface area (Å²) in [6, 6.07) is 4.39. The predicted molar refractivity (Wildman–Crippen MR) is 71.6 cm³/mol. The van der Waals surface area contributed by atoms with Gasteiger partial charge in [0.2, 0.25) is 0 Å².